The summed E-state index contributed by atoms with van der Waals surface area (Å²) < 4.78 is 0. The average Bonchev–Trinajstić information content (AvgIpc) is 3.19. The van der Waals surface area contributed by atoms with Gasteiger partial charge in [0, 0.05) is 11.1 Å². The van der Waals surface area contributed by atoms with Crippen LogP contribution in [0, 0.1) is 11.8 Å². The van der Waals surface area contributed by atoms with E-state index >= 15 is 0 Å². The molecular weight excluding hydrogens is 242 g/mol. The van der Waals surface area contributed by atoms with Gasteiger partial charge in [0.2, 0.25) is 0 Å². The topological polar surface area (TPSA) is 12.0 Å². The van der Waals surface area contributed by atoms with Crippen LogP contribution in [0.25, 0.3) is 0 Å². The Morgan fingerprint density at radius 3 is 2.67 bits per heavy atom. The van der Waals surface area contributed by atoms with Crippen LogP contribution >= 0.6 is 11.6 Å². The Morgan fingerprint density at radius 1 is 1.33 bits per heavy atom. The molecule has 1 saturated carbocycles. The third kappa shape index (κ3) is 4.00. The van der Waals surface area contributed by atoms with Crippen LogP contribution in [0.2, 0.25) is 5.02 Å². The molecule has 1 N–H and O–H groups in total. The molecule has 1 aliphatic carbocycles. The van der Waals surface area contributed by atoms with Crippen molar-refractivity contribution in [3.8, 4) is 0 Å². The third-order valence-electron chi connectivity index (χ3n) is 4.13. The zero-order valence-electron chi connectivity index (χ0n) is 11.5. The minimum atomic E-state index is 0.690. The smallest absolute Gasteiger partial charge is 0.0438 e. The molecule has 0 saturated heterocycles. The van der Waals surface area contributed by atoms with Crippen LogP contribution in [0.4, 0.5) is 0 Å². The van der Waals surface area contributed by atoms with Crippen molar-refractivity contribution in [3.63, 3.8) is 0 Å². The van der Waals surface area contributed by atoms with Gasteiger partial charge in [0.1, 0.15) is 0 Å². The first-order valence-corrected chi connectivity index (χ1v) is 7.55. The number of halogens is 1. The van der Waals surface area contributed by atoms with Crippen LogP contribution in [-0.4, -0.2) is 12.6 Å². The van der Waals surface area contributed by atoms with Gasteiger partial charge >= 0.3 is 0 Å². The number of benzene rings is 1. The summed E-state index contributed by atoms with van der Waals surface area (Å²) in [6, 6.07) is 9.05. The van der Waals surface area contributed by atoms with Crippen molar-refractivity contribution in [1.29, 1.82) is 0 Å². The molecule has 1 aliphatic rings. The van der Waals surface area contributed by atoms with E-state index in [1.54, 1.807) is 0 Å². The molecule has 0 radical (unpaired) electrons. The third-order valence-corrected chi connectivity index (χ3v) is 4.50. The van der Waals surface area contributed by atoms with Crippen molar-refractivity contribution in [1.82, 2.24) is 5.32 Å². The molecule has 2 heteroatoms. The number of hydrogen-bond acceptors (Lipinski definition) is 1. The summed E-state index contributed by atoms with van der Waals surface area (Å²) >= 11 is 6.27. The zero-order valence-corrected chi connectivity index (χ0v) is 12.2. The average molecular weight is 266 g/mol. The molecule has 1 fully saturated rings. The molecule has 1 aromatic rings. The summed E-state index contributed by atoms with van der Waals surface area (Å²) in [4.78, 5) is 0. The lowest BCUT2D eigenvalue weighted by molar-refractivity contribution is 0.328. The first kappa shape index (κ1) is 13.9. The van der Waals surface area contributed by atoms with Crippen LogP contribution < -0.4 is 5.32 Å². The number of rotatable bonds is 7. The predicted molar refractivity (Wildman–Crippen MR) is 79.1 cm³/mol. The molecule has 1 nitrogen and oxygen atoms in total. The standard InChI is InChI=1S/C16H24ClN/c1-3-12(2)14(11-18-15-8-9-15)10-13-6-4-5-7-16(13)17/h4-7,12,14-15,18H,3,8-11H2,1-2H3. The van der Waals surface area contributed by atoms with Gasteiger partial charge in [-0.2, -0.15) is 0 Å². The summed E-state index contributed by atoms with van der Waals surface area (Å²) in [7, 11) is 0. The van der Waals surface area contributed by atoms with Crippen molar-refractivity contribution < 1.29 is 0 Å². The maximum Gasteiger partial charge on any atom is 0.0438 e. The Labute approximate surface area is 116 Å². The fourth-order valence-corrected chi connectivity index (χ4v) is 2.57. The zero-order chi connectivity index (χ0) is 13.0. The van der Waals surface area contributed by atoms with Crippen LogP contribution in [0.1, 0.15) is 38.7 Å². The predicted octanol–water partition coefficient (Wildman–Crippen LogP) is 4.30. The molecule has 1 aromatic carbocycles. The van der Waals surface area contributed by atoms with Gasteiger partial charge in [-0.05, 0) is 49.3 Å². The molecular formula is C16H24ClN. The van der Waals surface area contributed by atoms with Crippen LogP contribution in [0.5, 0.6) is 0 Å². The van der Waals surface area contributed by atoms with Gasteiger partial charge in [-0.15, -0.1) is 0 Å². The van der Waals surface area contributed by atoms with Gasteiger partial charge < -0.3 is 5.32 Å². The largest absolute Gasteiger partial charge is 0.314 e. The monoisotopic (exact) mass is 265 g/mol. The fourth-order valence-electron chi connectivity index (χ4n) is 2.36. The highest BCUT2D eigenvalue weighted by Gasteiger charge is 2.24. The van der Waals surface area contributed by atoms with Gasteiger partial charge in [-0.1, -0.05) is 50.1 Å². The van der Waals surface area contributed by atoms with Crippen molar-refractivity contribution in [2.75, 3.05) is 6.54 Å². The van der Waals surface area contributed by atoms with E-state index < -0.39 is 0 Å². The molecule has 0 bridgehead atoms. The molecule has 0 amide bonds. The molecule has 0 aromatic heterocycles. The first-order chi connectivity index (χ1) is 8.70. The van der Waals surface area contributed by atoms with Crippen molar-refractivity contribution >= 4 is 11.6 Å². The van der Waals surface area contributed by atoms with E-state index in [9.17, 15) is 0 Å². The Morgan fingerprint density at radius 2 is 2.06 bits per heavy atom. The van der Waals surface area contributed by atoms with Crippen LogP contribution in [0.15, 0.2) is 24.3 Å². The highest BCUT2D eigenvalue weighted by Crippen LogP contribution is 2.26. The lowest BCUT2D eigenvalue weighted by Gasteiger charge is -2.24. The SMILES string of the molecule is CCC(C)C(CNC1CC1)Cc1ccccc1Cl. The van der Waals surface area contributed by atoms with Crippen molar-refractivity contribution in [3.05, 3.63) is 34.9 Å². The van der Waals surface area contributed by atoms with Crippen molar-refractivity contribution in [2.24, 2.45) is 11.8 Å². The minimum absolute atomic E-state index is 0.690. The minimum Gasteiger partial charge on any atom is -0.314 e. The molecule has 0 aliphatic heterocycles. The molecule has 2 atom stereocenters. The van der Waals surface area contributed by atoms with Gasteiger partial charge in [-0.25, -0.2) is 0 Å². The second-order valence-electron chi connectivity index (χ2n) is 5.62. The maximum atomic E-state index is 6.27. The van der Waals surface area contributed by atoms with E-state index in [0.29, 0.717) is 5.92 Å². The van der Waals surface area contributed by atoms with Crippen LogP contribution in [-0.2, 0) is 6.42 Å². The molecule has 2 unspecified atom stereocenters. The highest BCUT2D eigenvalue weighted by atomic mass is 35.5. The maximum absolute atomic E-state index is 6.27. The first-order valence-electron chi connectivity index (χ1n) is 7.17. The van der Waals surface area contributed by atoms with E-state index in [0.717, 1.165) is 29.9 Å². The van der Waals surface area contributed by atoms with Crippen LogP contribution in [0.3, 0.4) is 0 Å². The Balaban J connectivity index is 1.96. The van der Waals surface area contributed by atoms with E-state index in [1.165, 1.54) is 24.8 Å². The van der Waals surface area contributed by atoms with Crippen molar-refractivity contribution in [2.45, 2.75) is 45.6 Å². The number of nitrogens with one attached hydrogen (secondary N) is 1. The number of hydrogen-bond donors (Lipinski definition) is 1. The molecule has 0 heterocycles. The van der Waals surface area contributed by atoms with E-state index in [1.807, 2.05) is 12.1 Å². The quantitative estimate of drug-likeness (QED) is 0.775. The lowest BCUT2D eigenvalue weighted by atomic mass is 9.86. The van der Waals surface area contributed by atoms with Gasteiger partial charge in [0.15, 0.2) is 0 Å². The molecule has 0 spiro atoms. The normalized spacial score (nSPS) is 18.6. The van der Waals surface area contributed by atoms with E-state index in [4.69, 9.17) is 11.6 Å². The fraction of sp³-hybridized carbons (Fsp3) is 0.625. The summed E-state index contributed by atoms with van der Waals surface area (Å²) in [5, 5.41) is 4.58. The highest BCUT2D eigenvalue weighted by molar-refractivity contribution is 6.31. The lowest BCUT2D eigenvalue weighted by Crippen LogP contribution is -2.30. The summed E-state index contributed by atoms with van der Waals surface area (Å²) in [5.74, 6) is 1.43. The Hall–Kier alpha value is -0.530. The summed E-state index contributed by atoms with van der Waals surface area (Å²) in [6.07, 6.45) is 5.05. The second kappa shape index (κ2) is 6.58. The molecule has 18 heavy (non-hydrogen) atoms. The van der Waals surface area contributed by atoms with Gasteiger partial charge in [0.25, 0.3) is 0 Å². The summed E-state index contributed by atoms with van der Waals surface area (Å²) in [5.41, 5.74) is 1.29. The molecule has 2 rings (SSSR count). The van der Waals surface area contributed by atoms with Gasteiger partial charge in [0.05, 0.1) is 0 Å². The summed E-state index contributed by atoms with van der Waals surface area (Å²) in [6.45, 7) is 5.77. The second-order valence-corrected chi connectivity index (χ2v) is 6.03. The van der Waals surface area contributed by atoms with E-state index in [-0.39, 0.29) is 0 Å². The molecule has 100 valence electrons. The Kier molecular flexibility index (Phi) is 5.08. The van der Waals surface area contributed by atoms with Gasteiger partial charge in [-0.3, -0.25) is 0 Å². The van der Waals surface area contributed by atoms with E-state index in [2.05, 4.69) is 31.3 Å². The Bertz CT molecular complexity index is 373.